The van der Waals surface area contributed by atoms with Crippen LogP contribution < -0.4 is 20.1 Å². The van der Waals surface area contributed by atoms with Crippen molar-refractivity contribution in [2.45, 2.75) is 13.8 Å². The summed E-state index contributed by atoms with van der Waals surface area (Å²) in [4.78, 5) is 25.0. The summed E-state index contributed by atoms with van der Waals surface area (Å²) >= 11 is 0. The molecule has 0 saturated carbocycles. The molecule has 8 heteroatoms. The molecule has 0 aliphatic carbocycles. The van der Waals surface area contributed by atoms with E-state index in [0.29, 0.717) is 34.1 Å². The number of benzene rings is 2. The molecule has 156 valence electrons. The summed E-state index contributed by atoms with van der Waals surface area (Å²) in [5, 5.41) is 9.91. The van der Waals surface area contributed by atoms with Crippen LogP contribution in [0.1, 0.15) is 24.2 Å². The molecule has 0 spiro atoms. The molecule has 30 heavy (non-hydrogen) atoms. The third-order valence-electron chi connectivity index (χ3n) is 4.43. The Morgan fingerprint density at radius 2 is 1.77 bits per heavy atom. The van der Waals surface area contributed by atoms with E-state index in [1.54, 1.807) is 50.0 Å². The van der Waals surface area contributed by atoms with E-state index in [4.69, 9.17) is 9.47 Å². The van der Waals surface area contributed by atoms with Gasteiger partial charge < -0.3 is 20.1 Å². The Balaban J connectivity index is 1.85. The van der Waals surface area contributed by atoms with Crippen LogP contribution in [-0.2, 0) is 4.79 Å². The molecule has 0 bridgehead atoms. The van der Waals surface area contributed by atoms with Crippen LogP contribution in [0, 0.1) is 5.92 Å². The molecule has 0 aliphatic rings. The van der Waals surface area contributed by atoms with Gasteiger partial charge >= 0.3 is 0 Å². The SMILES string of the molecule is COc1ccc(NC(=O)C(C)C)c(NC(=O)c2cnn(-c3ccccc3OC)c2)c1. The maximum atomic E-state index is 12.8. The van der Waals surface area contributed by atoms with Crippen molar-refractivity contribution < 1.29 is 19.1 Å². The van der Waals surface area contributed by atoms with Crippen LogP contribution in [0.5, 0.6) is 11.5 Å². The summed E-state index contributed by atoms with van der Waals surface area (Å²) in [5.74, 6) is 0.468. The number of ether oxygens (including phenoxy) is 2. The average molecular weight is 408 g/mol. The van der Waals surface area contributed by atoms with Crippen LogP contribution >= 0.6 is 0 Å². The number of anilines is 2. The Morgan fingerprint density at radius 1 is 1.00 bits per heavy atom. The second-order valence-corrected chi connectivity index (χ2v) is 6.86. The number of carbonyl (C=O) groups excluding carboxylic acids is 2. The molecular weight excluding hydrogens is 384 g/mol. The van der Waals surface area contributed by atoms with E-state index >= 15 is 0 Å². The summed E-state index contributed by atoms with van der Waals surface area (Å²) in [7, 11) is 3.11. The van der Waals surface area contributed by atoms with Gasteiger partial charge in [0.1, 0.15) is 17.2 Å². The van der Waals surface area contributed by atoms with Gasteiger partial charge in [-0.25, -0.2) is 4.68 Å². The molecule has 0 radical (unpaired) electrons. The molecule has 0 fully saturated rings. The Kier molecular flexibility index (Phi) is 6.36. The standard InChI is InChI=1S/C22H24N4O4/c1-14(2)21(27)24-17-10-9-16(29-3)11-18(17)25-22(28)15-12-23-26(13-15)19-7-5-6-8-20(19)30-4/h5-14H,1-4H3,(H,24,27)(H,25,28). The lowest BCUT2D eigenvalue weighted by atomic mass is 10.2. The molecule has 2 amide bonds. The Hall–Kier alpha value is -3.81. The first-order valence-corrected chi connectivity index (χ1v) is 9.41. The molecule has 3 rings (SSSR count). The molecule has 2 N–H and O–H groups in total. The molecule has 0 aliphatic heterocycles. The Morgan fingerprint density at radius 3 is 2.47 bits per heavy atom. The molecule has 1 heterocycles. The fourth-order valence-corrected chi connectivity index (χ4v) is 2.73. The third-order valence-corrected chi connectivity index (χ3v) is 4.43. The monoisotopic (exact) mass is 408 g/mol. The fraction of sp³-hybridized carbons (Fsp3) is 0.227. The van der Waals surface area contributed by atoms with Crippen molar-refractivity contribution in [2.24, 2.45) is 5.92 Å². The molecule has 1 aromatic heterocycles. The van der Waals surface area contributed by atoms with Gasteiger partial charge in [-0.2, -0.15) is 5.10 Å². The van der Waals surface area contributed by atoms with Gasteiger partial charge in [-0.3, -0.25) is 9.59 Å². The number of hydrogen-bond acceptors (Lipinski definition) is 5. The van der Waals surface area contributed by atoms with Gasteiger partial charge in [0, 0.05) is 18.2 Å². The number of carbonyl (C=O) groups is 2. The average Bonchev–Trinajstić information content (AvgIpc) is 3.25. The summed E-state index contributed by atoms with van der Waals surface area (Å²) < 4.78 is 12.2. The second kappa shape index (κ2) is 9.13. The number of aromatic nitrogens is 2. The van der Waals surface area contributed by atoms with E-state index in [-0.39, 0.29) is 17.7 Å². The number of para-hydroxylation sites is 2. The fourth-order valence-electron chi connectivity index (χ4n) is 2.73. The lowest BCUT2D eigenvalue weighted by Gasteiger charge is -2.14. The molecule has 0 saturated heterocycles. The topological polar surface area (TPSA) is 94.5 Å². The quantitative estimate of drug-likeness (QED) is 0.621. The highest BCUT2D eigenvalue weighted by Gasteiger charge is 2.16. The maximum absolute atomic E-state index is 12.8. The second-order valence-electron chi connectivity index (χ2n) is 6.86. The predicted octanol–water partition coefficient (Wildman–Crippen LogP) is 3.74. The minimum Gasteiger partial charge on any atom is -0.497 e. The highest BCUT2D eigenvalue weighted by Crippen LogP contribution is 2.28. The number of nitrogens with zero attached hydrogens (tertiary/aromatic N) is 2. The van der Waals surface area contributed by atoms with E-state index in [0.717, 1.165) is 0 Å². The normalized spacial score (nSPS) is 10.6. The van der Waals surface area contributed by atoms with Crippen molar-refractivity contribution in [1.29, 1.82) is 0 Å². The van der Waals surface area contributed by atoms with Gasteiger partial charge in [0.2, 0.25) is 5.91 Å². The molecule has 0 atom stereocenters. The number of amides is 2. The van der Waals surface area contributed by atoms with Crippen molar-refractivity contribution in [3.63, 3.8) is 0 Å². The minimum absolute atomic E-state index is 0.153. The zero-order valence-electron chi connectivity index (χ0n) is 17.3. The third kappa shape index (κ3) is 4.60. The van der Waals surface area contributed by atoms with Gasteiger partial charge in [-0.05, 0) is 24.3 Å². The molecule has 8 nitrogen and oxygen atoms in total. The maximum Gasteiger partial charge on any atom is 0.258 e. The number of rotatable bonds is 7. The lowest BCUT2D eigenvalue weighted by Crippen LogP contribution is -2.20. The van der Waals surface area contributed by atoms with E-state index in [2.05, 4.69) is 15.7 Å². The van der Waals surface area contributed by atoms with Crippen LogP contribution in [0.4, 0.5) is 11.4 Å². The van der Waals surface area contributed by atoms with E-state index < -0.39 is 0 Å². The van der Waals surface area contributed by atoms with Crippen molar-refractivity contribution in [1.82, 2.24) is 9.78 Å². The number of hydrogen-bond donors (Lipinski definition) is 2. The van der Waals surface area contributed by atoms with Crippen LogP contribution in [0.2, 0.25) is 0 Å². The zero-order chi connectivity index (χ0) is 21.7. The largest absolute Gasteiger partial charge is 0.497 e. The first-order chi connectivity index (χ1) is 14.4. The number of methoxy groups -OCH3 is 2. The van der Waals surface area contributed by atoms with Gasteiger partial charge in [0.15, 0.2) is 0 Å². The first kappa shape index (κ1) is 20.9. The van der Waals surface area contributed by atoms with Gasteiger partial charge in [0.05, 0.1) is 37.4 Å². The molecule has 2 aromatic carbocycles. The van der Waals surface area contributed by atoms with Crippen molar-refractivity contribution in [3.8, 4) is 17.2 Å². The van der Waals surface area contributed by atoms with Crippen LogP contribution in [0.15, 0.2) is 54.9 Å². The van der Waals surface area contributed by atoms with E-state index in [1.165, 1.54) is 13.3 Å². The van der Waals surface area contributed by atoms with Crippen molar-refractivity contribution in [2.75, 3.05) is 24.9 Å². The van der Waals surface area contributed by atoms with Crippen molar-refractivity contribution >= 4 is 23.2 Å². The highest BCUT2D eigenvalue weighted by atomic mass is 16.5. The van der Waals surface area contributed by atoms with Crippen molar-refractivity contribution in [3.05, 3.63) is 60.4 Å². The Bertz CT molecular complexity index is 1060. The predicted molar refractivity (Wildman–Crippen MR) is 115 cm³/mol. The van der Waals surface area contributed by atoms with Gasteiger partial charge in [-0.1, -0.05) is 26.0 Å². The molecular formula is C22H24N4O4. The number of nitrogens with one attached hydrogen (secondary N) is 2. The Labute approximate surface area is 174 Å². The van der Waals surface area contributed by atoms with E-state index in [1.807, 2.05) is 24.3 Å². The van der Waals surface area contributed by atoms with Crippen LogP contribution in [0.3, 0.4) is 0 Å². The van der Waals surface area contributed by atoms with E-state index in [9.17, 15) is 9.59 Å². The molecule has 0 unspecified atom stereocenters. The van der Waals surface area contributed by atoms with Crippen LogP contribution in [-0.4, -0.2) is 35.8 Å². The smallest absolute Gasteiger partial charge is 0.258 e. The highest BCUT2D eigenvalue weighted by molar-refractivity contribution is 6.07. The summed E-state index contributed by atoms with van der Waals surface area (Å²) in [6.45, 7) is 3.59. The van der Waals surface area contributed by atoms with Gasteiger partial charge in [0.25, 0.3) is 5.91 Å². The summed E-state index contributed by atoms with van der Waals surface area (Å²) in [6, 6.07) is 12.4. The van der Waals surface area contributed by atoms with Gasteiger partial charge in [-0.15, -0.1) is 0 Å². The zero-order valence-corrected chi connectivity index (χ0v) is 17.3. The first-order valence-electron chi connectivity index (χ1n) is 9.41. The van der Waals surface area contributed by atoms with Crippen LogP contribution in [0.25, 0.3) is 5.69 Å². The molecule has 3 aromatic rings. The minimum atomic E-state index is -0.371. The summed E-state index contributed by atoms with van der Waals surface area (Å²) in [6.07, 6.45) is 3.08. The lowest BCUT2D eigenvalue weighted by molar-refractivity contribution is -0.118. The summed E-state index contributed by atoms with van der Waals surface area (Å²) in [5.41, 5.74) is 1.98.